The van der Waals surface area contributed by atoms with Crippen LogP contribution in [-0.4, -0.2) is 31.6 Å². The largest absolute Gasteiger partial charge is 0.384 e. The highest BCUT2D eigenvalue weighted by atomic mass is 15.3. The molecule has 0 bridgehead atoms. The zero-order chi connectivity index (χ0) is 13.4. The number of nitrogens with two attached hydrogens (primary N) is 1. The second-order valence-electron chi connectivity index (χ2n) is 4.08. The summed E-state index contributed by atoms with van der Waals surface area (Å²) < 4.78 is 1.73. The first-order valence-electron chi connectivity index (χ1n) is 5.82. The Hall–Kier alpha value is -2.70. The van der Waals surface area contributed by atoms with Gasteiger partial charge in [-0.05, 0) is 19.1 Å². The molecule has 0 atom stereocenters. The predicted molar refractivity (Wildman–Crippen MR) is 72.7 cm³/mol. The summed E-state index contributed by atoms with van der Waals surface area (Å²) in [6.07, 6.45) is 1.70. The van der Waals surface area contributed by atoms with Crippen LogP contribution in [0.3, 0.4) is 0 Å². The Balaban J connectivity index is 2.34. The van der Waals surface area contributed by atoms with Crippen LogP contribution in [0.25, 0.3) is 17.0 Å². The maximum atomic E-state index is 5.78. The lowest BCUT2D eigenvalue weighted by molar-refractivity contribution is 0.932. The van der Waals surface area contributed by atoms with E-state index in [-0.39, 0.29) is 0 Å². The predicted octanol–water partition coefficient (Wildman–Crippen LogP) is 1.12. The van der Waals surface area contributed by atoms with Crippen molar-refractivity contribution < 1.29 is 0 Å². The van der Waals surface area contributed by atoms with E-state index in [4.69, 9.17) is 5.73 Å². The van der Waals surface area contributed by atoms with Crippen LogP contribution in [0.2, 0.25) is 0 Å². The standard InChI is InChI=1S/C12H13N7/c1-7-16-8(6-9(13)17-7)11-12(14-2)18-10-4-3-5-15-19(10)11/h3-6,14H,1-2H3,(H2,13,16,17). The number of aryl methyl sites for hydroxylation is 1. The van der Waals surface area contributed by atoms with Gasteiger partial charge >= 0.3 is 0 Å². The average Bonchev–Trinajstić information content (AvgIpc) is 2.75. The lowest BCUT2D eigenvalue weighted by Crippen LogP contribution is -2.01. The molecule has 0 aromatic carbocycles. The highest BCUT2D eigenvalue weighted by molar-refractivity contribution is 5.74. The van der Waals surface area contributed by atoms with Gasteiger partial charge in [0.25, 0.3) is 0 Å². The van der Waals surface area contributed by atoms with E-state index in [9.17, 15) is 0 Å². The zero-order valence-corrected chi connectivity index (χ0v) is 10.6. The van der Waals surface area contributed by atoms with E-state index in [0.29, 0.717) is 23.2 Å². The molecule has 0 saturated carbocycles. The number of imidazole rings is 1. The molecule has 7 heteroatoms. The van der Waals surface area contributed by atoms with Gasteiger partial charge in [-0.25, -0.2) is 19.5 Å². The molecule has 0 spiro atoms. The first-order valence-corrected chi connectivity index (χ1v) is 5.82. The highest BCUT2D eigenvalue weighted by Crippen LogP contribution is 2.27. The lowest BCUT2D eigenvalue weighted by Gasteiger charge is -2.05. The van der Waals surface area contributed by atoms with E-state index in [1.165, 1.54) is 0 Å². The first kappa shape index (κ1) is 11.4. The molecule has 0 amide bonds. The van der Waals surface area contributed by atoms with Gasteiger partial charge in [-0.15, -0.1) is 0 Å². The van der Waals surface area contributed by atoms with E-state index >= 15 is 0 Å². The van der Waals surface area contributed by atoms with E-state index in [0.717, 1.165) is 11.3 Å². The monoisotopic (exact) mass is 255 g/mol. The number of nitrogens with one attached hydrogen (secondary N) is 1. The summed E-state index contributed by atoms with van der Waals surface area (Å²) in [7, 11) is 1.81. The number of hydrogen-bond acceptors (Lipinski definition) is 6. The third kappa shape index (κ3) is 1.85. The Kier molecular flexibility index (Phi) is 2.52. The van der Waals surface area contributed by atoms with Crippen molar-refractivity contribution >= 4 is 17.3 Å². The minimum absolute atomic E-state index is 0.426. The molecule has 3 aromatic heterocycles. The zero-order valence-electron chi connectivity index (χ0n) is 10.6. The Bertz CT molecular complexity index is 727. The minimum atomic E-state index is 0.426. The molecule has 3 N–H and O–H groups in total. The van der Waals surface area contributed by atoms with Gasteiger partial charge in [0.15, 0.2) is 11.5 Å². The first-order chi connectivity index (χ1) is 9.19. The molecule has 0 aliphatic heterocycles. The number of anilines is 2. The molecular formula is C12H13N7. The summed E-state index contributed by atoms with van der Waals surface area (Å²) in [5, 5.41) is 7.35. The number of rotatable bonds is 2. The summed E-state index contributed by atoms with van der Waals surface area (Å²) in [5.74, 6) is 1.74. The maximum Gasteiger partial charge on any atom is 0.156 e. The highest BCUT2D eigenvalue weighted by Gasteiger charge is 2.16. The van der Waals surface area contributed by atoms with E-state index < -0.39 is 0 Å². The van der Waals surface area contributed by atoms with Crippen molar-refractivity contribution in [3.8, 4) is 11.4 Å². The van der Waals surface area contributed by atoms with Gasteiger partial charge in [0.2, 0.25) is 0 Å². The number of fused-ring (bicyclic) bond motifs is 1. The van der Waals surface area contributed by atoms with Crippen LogP contribution in [0.1, 0.15) is 5.82 Å². The Morgan fingerprint density at radius 2 is 2.11 bits per heavy atom. The Morgan fingerprint density at radius 1 is 1.26 bits per heavy atom. The van der Waals surface area contributed by atoms with Crippen LogP contribution in [0.15, 0.2) is 24.4 Å². The van der Waals surface area contributed by atoms with Crippen LogP contribution in [0, 0.1) is 6.92 Å². The molecule has 96 valence electrons. The van der Waals surface area contributed by atoms with Gasteiger partial charge in [-0.2, -0.15) is 5.10 Å². The van der Waals surface area contributed by atoms with Gasteiger partial charge in [-0.3, -0.25) is 0 Å². The van der Waals surface area contributed by atoms with Crippen molar-refractivity contribution in [3.05, 3.63) is 30.2 Å². The molecule has 19 heavy (non-hydrogen) atoms. The molecular weight excluding hydrogens is 242 g/mol. The Labute approximate surface area is 109 Å². The third-order valence-corrected chi connectivity index (χ3v) is 2.73. The number of hydrogen-bond donors (Lipinski definition) is 2. The lowest BCUT2D eigenvalue weighted by atomic mass is 10.3. The number of aromatic nitrogens is 5. The van der Waals surface area contributed by atoms with Gasteiger partial charge in [0, 0.05) is 19.3 Å². The molecule has 3 aromatic rings. The maximum absolute atomic E-state index is 5.78. The molecule has 0 aliphatic carbocycles. The third-order valence-electron chi connectivity index (χ3n) is 2.73. The fourth-order valence-corrected chi connectivity index (χ4v) is 2.00. The van der Waals surface area contributed by atoms with E-state index in [2.05, 4.69) is 25.4 Å². The summed E-state index contributed by atoms with van der Waals surface area (Å²) >= 11 is 0. The minimum Gasteiger partial charge on any atom is -0.384 e. The molecule has 0 saturated heterocycles. The topological polar surface area (TPSA) is 94.0 Å². The van der Waals surface area contributed by atoms with Crippen LogP contribution >= 0.6 is 0 Å². The molecule has 7 nitrogen and oxygen atoms in total. The summed E-state index contributed by atoms with van der Waals surface area (Å²) in [6.45, 7) is 1.80. The van der Waals surface area contributed by atoms with Crippen molar-refractivity contribution in [3.63, 3.8) is 0 Å². The molecule has 0 unspecified atom stereocenters. The van der Waals surface area contributed by atoms with Gasteiger partial charge in [-0.1, -0.05) is 0 Å². The van der Waals surface area contributed by atoms with Crippen molar-refractivity contribution in [2.75, 3.05) is 18.1 Å². The van der Waals surface area contributed by atoms with Gasteiger partial charge < -0.3 is 11.1 Å². The average molecular weight is 255 g/mol. The van der Waals surface area contributed by atoms with E-state index in [1.807, 2.05) is 19.2 Å². The molecule has 3 rings (SSSR count). The molecule has 0 fully saturated rings. The summed E-state index contributed by atoms with van der Waals surface area (Å²) in [4.78, 5) is 12.9. The van der Waals surface area contributed by atoms with Crippen molar-refractivity contribution in [1.29, 1.82) is 0 Å². The summed E-state index contributed by atoms with van der Waals surface area (Å²) in [5.41, 5.74) is 7.99. The normalized spacial score (nSPS) is 10.8. The molecule has 0 aliphatic rings. The van der Waals surface area contributed by atoms with Gasteiger partial charge in [0.05, 0.1) is 5.69 Å². The van der Waals surface area contributed by atoms with Crippen molar-refractivity contribution in [2.45, 2.75) is 6.92 Å². The second kappa shape index (κ2) is 4.20. The fourth-order valence-electron chi connectivity index (χ4n) is 2.00. The van der Waals surface area contributed by atoms with Crippen LogP contribution in [0.4, 0.5) is 11.6 Å². The molecule has 3 heterocycles. The summed E-state index contributed by atoms with van der Waals surface area (Å²) in [6, 6.07) is 5.44. The number of nitrogens with zero attached hydrogens (tertiary/aromatic N) is 5. The van der Waals surface area contributed by atoms with Crippen LogP contribution in [-0.2, 0) is 0 Å². The molecule has 0 radical (unpaired) electrons. The van der Waals surface area contributed by atoms with Crippen molar-refractivity contribution in [1.82, 2.24) is 24.6 Å². The fraction of sp³-hybridized carbons (Fsp3) is 0.167. The van der Waals surface area contributed by atoms with Crippen LogP contribution in [0.5, 0.6) is 0 Å². The van der Waals surface area contributed by atoms with Crippen molar-refractivity contribution in [2.24, 2.45) is 0 Å². The second-order valence-corrected chi connectivity index (χ2v) is 4.08. The SMILES string of the molecule is CNc1nc2cccnn2c1-c1cc(N)nc(C)n1. The smallest absolute Gasteiger partial charge is 0.156 e. The quantitative estimate of drug-likeness (QED) is 0.712. The number of nitrogen functional groups attached to an aromatic ring is 1. The van der Waals surface area contributed by atoms with Gasteiger partial charge in [0.1, 0.15) is 17.3 Å². The Morgan fingerprint density at radius 3 is 2.84 bits per heavy atom. The van der Waals surface area contributed by atoms with Crippen LogP contribution < -0.4 is 11.1 Å². The van der Waals surface area contributed by atoms with E-state index in [1.54, 1.807) is 23.7 Å².